The number of benzene rings is 2. The van der Waals surface area contributed by atoms with Crippen LogP contribution < -0.4 is 5.43 Å². The van der Waals surface area contributed by atoms with Gasteiger partial charge in [-0.25, -0.2) is 0 Å². The molecule has 0 aliphatic rings. The minimum absolute atomic E-state index is 0.0157. The lowest BCUT2D eigenvalue weighted by molar-refractivity contribution is -0.385. The Labute approximate surface area is 162 Å². The van der Waals surface area contributed by atoms with E-state index in [4.69, 9.17) is 0 Å². The summed E-state index contributed by atoms with van der Waals surface area (Å²) in [6.45, 7) is 6.61. The minimum Gasteiger partial charge on any atom is -0.503 e. The van der Waals surface area contributed by atoms with Crippen LogP contribution in [-0.4, -0.2) is 39.5 Å². The zero-order chi connectivity index (χ0) is 20.3. The van der Waals surface area contributed by atoms with Crippen molar-refractivity contribution < 1.29 is 10.0 Å². The van der Waals surface area contributed by atoms with Gasteiger partial charge in [-0.3, -0.25) is 14.9 Å². The maximum Gasteiger partial charge on any atom is 0.273 e. The van der Waals surface area contributed by atoms with Gasteiger partial charge in [-0.15, -0.1) is 0 Å². The highest BCUT2D eigenvalue weighted by atomic mass is 16.6. The number of fused-ring (bicyclic) bond motifs is 1. The summed E-state index contributed by atoms with van der Waals surface area (Å²) < 4.78 is 0. The number of nitrogens with one attached hydrogen (secondary N) is 1. The molecule has 0 bridgehead atoms. The lowest BCUT2D eigenvalue weighted by Gasteiger charge is -2.17. The van der Waals surface area contributed by atoms with Gasteiger partial charge in [0.25, 0.3) is 5.69 Å². The largest absolute Gasteiger partial charge is 0.503 e. The number of hydrogen-bond donors (Lipinski definition) is 2. The van der Waals surface area contributed by atoms with Gasteiger partial charge in [-0.2, -0.15) is 0 Å². The fourth-order valence-electron chi connectivity index (χ4n) is 3.35. The van der Waals surface area contributed by atoms with Gasteiger partial charge in [0.05, 0.1) is 10.6 Å². The topological polar surface area (TPSA) is 99.5 Å². The lowest BCUT2D eigenvalue weighted by Crippen LogP contribution is -2.25. The van der Waals surface area contributed by atoms with Gasteiger partial charge >= 0.3 is 0 Å². The van der Waals surface area contributed by atoms with Crippen molar-refractivity contribution >= 4 is 16.6 Å². The Hall–Kier alpha value is -3.19. The van der Waals surface area contributed by atoms with Crippen molar-refractivity contribution in [1.29, 1.82) is 0 Å². The van der Waals surface area contributed by atoms with Gasteiger partial charge in [0.1, 0.15) is 0 Å². The van der Waals surface area contributed by atoms with Crippen LogP contribution in [0.3, 0.4) is 0 Å². The Morgan fingerprint density at radius 1 is 1.14 bits per heavy atom. The van der Waals surface area contributed by atoms with E-state index in [0.29, 0.717) is 28.5 Å². The average molecular weight is 381 g/mol. The van der Waals surface area contributed by atoms with Crippen LogP contribution >= 0.6 is 0 Å². The van der Waals surface area contributed by atoms with Crippen molar-refractivity contribution in [2.45, 2.75) is 20.3 Å². The first-order chi connectivity index (χ1) is 13.5. The van der Waals surface area contributed by atoms with E-state index in [1.807, 2.05) is 0 Å². The number of likely N-dealkylation sites (N-methyl/N-ethyl adjacent to an activating group) is 1. The minimum atomic E-state index is -0.502. The van der Waals surface area contributed by atoms with Crippen molar-refractivity contribution in [3.8, 4) is 17.0 Å². The van der Waals surface area contributed by atoms with Crippen LogP contribution in [0.4, 0.5) is 5.69 Å². The molecule has 7 nitrogen and oxygen atoms in total. The van der Waals surface area contributed by atoms with Crippen LogP contribution in [0.5, 0.6) is 5.75 Å². The SMILES string of the molecule is CCN(CC)CCc1ccc(-c2[nH]c3ccccc3c(=O)c2O)cc1[N+](=O)[O-]. The van der Waals surface area contributed by atoms with Crippen LogP contribution in [0, 0.1) is 10.1 Å². The predicted octanol–water partition coefficient (Wildman–Crippen LogP) is 3.69. The third-order valence-corrected chi connectivity index (χ3v) is 5.05. The Balaban J connectivity index is 2.05. The highest BCUT2D eigenvalue weighted by Gasteiger charge is 2.19. The maximum atomic E-state index is 12.4. The first-order valence-electron chi connectivity index (χ1n) is 9.30. The number of aromatic hydroxyl groups is 1. The van der Waals surface area contributed by atoms with Gasteiger partial charge < -0.3 is 15.0 Å². The zero-order valence-electron chi connectivity index (χ0n) is 15.9. The maximum absolute atomic E-state index is 12.4. The number of hydrogen-bond acceptors (Lipinski definition) is 5. The quantitative estimate of drug-likeness (QED) is 0.480. The Morgan fingerprint density at radius 3 is 2.54 bits per heavy atom. The molecule has 28 heavy (non-hydrogen) atoms. The lowest BCUT2D eigenvalue weighted by atomic mass is 10.0. The molecule has 0 amide bonds. The molecule has 1 heterocycles. The first-order valence-corrected chi connectivity index (χ1v) is 9.30. The number of nitro benzene ring substituents is 1. The Bertz CT molecular complexity index is 1070. The molecule has 146 valence electrons. The first kappa shape index (κ1) is 19.6. The molecular formula is C21H23N3O4. The molecule has 0 saturated heterocycles. The van der Waals surface area contributed by atoms with E-state index in [0.717, 1.165) is 19.6 Å². The second-order valence-corrected chi connectivity index (χ2v) is 6.60. The molecular weight excluding hydrogens is 358 g/mol. The van der Waals surface area contributed by atoms with Crippen LogP contribution in [0.1, 0.15) is 19.4 Å². The zero-order valence-corrected chi connectivity index (χ0v) is 15.9. The summed E-state index contributed by atoms with van der Waals surface area (Å²) in [5.74, 6) is -0.441. The van der Waals surface area contributed by atoms with Crippen LogP contribution in [0.15, 0.2) is 47.3 Å². The van der Waals surface area contributed by atoms with E-state index >= 15 is 0 Å². The summed E-state index contributed by atoms with van der Waals surface area (Å²) in [6.07, 6.45) is 0.554. The molecule has 7 heteroatoms. The number of nitro groups is 1. The molecule has 0 saturated carbocycles. The second-order valence-electron chi connectivity index (χ2n) is 6.60. The van der Waals surface area contributed by atoms with E-state index < -0.39 is 16.1 Å². The molecule has 0 radical (unpaired) electrons. The van der Waals surface area contributed by atoms with Crippen molar-refractivity contribution in [2.75, 3.05) is 19.6 Å². The van der Waals surface area contributed by atoms with Gasteiger partial charge in [-0.1, -0.05) is 38.1 Å². The van der Waals surface area contributed by atoms with Crippen LogP contribution in [-0.2, 0) is 6.42 Å². The molecule has 3 aromatic rings. The van der Waals surface area contributed by atoms with Gasteiger partial charge in [0, 0.05) is 34.6 Å². The molecule has 2 N–H and O–H groups in total. The monoisotopic (exact) mass is 381 g/mol. The van der Waals surface area contributed by atoms with Crippen LogP contribution in [0.25, 0.3) is 22.2 Å². The summed E-state index contributed by atoms with van der Waals surface area (Å²) >= 11 is 0. The summed E-state index contributed by atoms with van der Waals surface area (Å²) in [5.41, 5.74) is 1.26. The highest BCUT2D eigenvalue weighted by molar-refractivity contribution is 5.84. The van der Waals surface area contributed by atoms with E-state index in [2.05, 4.69) is 23.7 Å². The van der Waals surface area contributed by atoms with E-state index in [1.165, 1.54) is 6.07 Å². The molecule has 0 spiro atoms. The smallest absolute Gasteiger partial charge is 0.273 e. The molecule has 0 unspecified atom stereocenters. The molecule has 0 fully saturated rings. The normalized spacial score (nSPS) is 11.2. The summed E-state index contributed by atoms with van der Waals surface area (Å²) in [6, 6.07) is 11.7. The van der Waals surface area contributed by atoms with E-state index in [-0.39, 0.29) is 11.4 Å². The molecule has 3 rings (SSSR count). The van der Waals surface area contributed by atoms with Gasteiger partial charge in [0.2, 0.25) is 5.43 Å². The summed E-state index contributed by atoms with van der Waals surface area (Å²) in [7, 11) is 0. The van der Waals surface area contributed by atoms with E-state index in [9.17, 15) is 20.0 Å². The Kier molecular flexibility index (Phi) is 5.75. The van der Waals surface area contributed by atoms with Crippen molar-refractivity contribution in [3.05, 3.63) is 68.4 Å². The number of H-pyrrole nitrogens is 1. The molecule has 2 aromatic carbocycles. The number of aromatic nitrogens is 1. The summed E-state index contributed by atoms with van der Waals surface area (Å²) in [4.78, 5) is 28.9. The molecule has 0 atom stereocenters. The predicted molar refractivity (Wildman–Crippen MR) is 110 cm³/mol. The van der Waals surface area contributed by atoms with Gasteiger partial charge in [0.15, 0.2) is 5.75 Å². The standard InChI is InChI=1S/C21H23N3O4/c1-3-23(4-2)12-11-14-9-10-15(13-18(14)24(27)28)19-21(26)20(25)16-7-5-6-8-17(16)22-19/h5-10,13,26H,3-4,11-12H2,1-2H3,(H,22,25). The average Bonchev–Trinajstić information content (AvgIpc) is 2.71. The fraction of sp³-hybridized carbons (Fsp3) is 0.286. The fourth-order valence-corrected chi connectivity index (χ4v) is 3.35. The number of pyridine rings is 1. The highest BCUT2D eigenvalue weighted by Crippen LogP contribution is 2.31. The second kappa shape index (κ2) is 8.22. The third kappa shape index (κ3) is 3.75. The third-order valence-electron chi connectivity index (χ3n) is 5.05. The van der Waals surface area contributed by atoms with Crippen molar-refractivity contribution in [3.63, 3.8) is 0 Å². The van der Waals surface area contributed by atoms with Crippen molar-refractivity contribution in [2.24, 2.45) is 0 Å². The van der Waals surface area contributed by atoms with E-state index in [1.54, 1.807) is 36.4 Å². The molecule has 0 aliphatic carbocycles. The number of para-hydroxylation sites is 1. The molecule has 1 aromatic heterocycles. The van der Waals surface area contributed by atoms with Crippen molar-refractivity contribution in [1.82, 2.24) is 9.88 Å². The Morgan fingerprint density at radius 2 is 1.86 bits per heavy atom. The van der Waals surface area contributed by atoms with Gasteiger partial charge in [-0.05, 0) is 31.6 Å². The number of rotatable bonds is 7. The number of nitrogens with zero attached hydrogens (tertiary/aromatic N) is 2. The van der Waals surface area contributed by atoms with Crippen LogP contribution in [0.2, 0.25) is 0 Å². The number of aromatic amines is 1. The summed E-state index contributed by atoms with van der Waals surface area (Å²) in [5, 5.41) is 22.3. The molecule has 0 aliphatic heterocycles.